The van der Waals surface area contributed by atoms with Gasteiger partial charge in [-0.3, -0.25) is 0 Å². The molecule has 0 unspecified atom stereocenters. The quantitative estimate of drug-likeness (QED) is 0.726. The third-order valence-electron chi connectivity index (χ3n) is 3.67. The lowest BCUT2D eigenvalue weighted by molar-refractivity contribution is 0.415. The van der Waals surface area contributed by atoms with E-state index in [2.05, 4.69) is 10.1 Å². The molecule has 1 saturated carbocycles. The number of rotatable bonds is 3. The molecule has 1 fully saturated rings. The van der Waals surface area contributed by atoms with Gasteiger partial charge in [0.25, 0.3) is 5.89 Å². The first kappa shape index (κ1) is 11.5. The summed E-state index contributed by atoms with van der Waals surface area (Å²) in [5.41, 5.74) is 1.66. The van der Waals surface area contributed by atoms with Gasteiger partial charge in [-0.05, 0) is 38.0 Å². The van der Waals surface area contributed by atoms with Crippen LogP contribution in [0.5, 0.6) is 5.75 Å². The fraction of sp³-hybridized carbons (Fsp3) is 0.333. The minimum Gasteiger partial charge on any atom is -0.497 e. The smallest absolute Gasteiger partial charge is 0.262 e. The highest BCUT2D eigenvalue weighted by atomic mass is 16.5. The van der Waals surface area contributed by atoms with Crippen LogP contribution in [0.25, 0.3) is 22.4 Å². The molecule has 4 rings (SSSR count). The Morgan fingerprint density at radius 1 is 1.30 bits per heavy atom. The second-order valence-corrected chi connectivity index (χ2v) is 5.13. The van der Waals surface area contributed by atoms with Gasteiger partial charge in [-0.1, -0.05) is 5.16 Å². The summed E-state index contributed by atoms with van der Waals surface area (Å²) in [6.07, 6.45) is 2.30. The summed E-state index contributed by atoms with van der Waals surface area (Å²) in [6.45, 7) is 1.91. The van der Waals surface area contributed by atoms with Crippen molar-refractivity contribution < 1.29 is 13.7 Å². The van der Waals surface area contributed by atoms with E-state index in [1.165, 1.54) is 0 Å². The molecule has 0 aliphatic heterocycles. The number of methoxy groups -OCH3 is 1. The molecule has 0 amide bonds. The van der Waals surface area contributed by atoms with E-state index in [1.807, 2.05) is 25.1 Å². The minimum atomic E-state index is 0.473. The molecule has 20 heavy (non-hydrogen) atoms. The number of nitrogens with zero attached hydrogens (tertiary/aromatic N) is 2. The zero-order valence-electron chi connectivity index (χ0n) is 11.3. The molecule has 102 valence electrons. The molecular formula is C15H14N2O3. The fourth-order valence-corrected chi connectivity index (χ4v) is 2.44. The average molecular weight is 270 g/mol. The molecular weight excluding hydrogens is 256 g/mol. The maximum Gasteiger partial charge on any atom is 0.262 e. The molecule has 0 radical (unpaired) electrons. The van der Waals surface area contributed by atoms with Gasteiger partial charge in [-0.15, -0.1) is 0 Å². The molecule has 0 saturated heterocycles. The van der Waals surface area contributed by atoms with E-state index in [9.17, 15) is 0 Å². The van der Waals surface area contributed by atoms with Crippen LogP contribution in [0.4, 0.5) is 0 Å². The van der Waals surface area contributed by atoms with Crippen molar-refractivity contribution in [2.24, 2.45) is 0 Å². The Hall–Kier alpha value is -2.30. The maximum atomic E-state index is 5.75. The van der Waals surface area contributed by atoms with Crippen LogP contribution in [0.2, 0.25) is 0 Å². The van der Waals surface area contributed by atoms with Crippen LogP contribution in [0.3, 0.4) is 0 Å². The Labute approximate surface area is 115 Å². The molecule has 5 nitrogen and oxygen atoms in total. The van der Waals surface area contributed by atoms with Crippen molar-refractivity contribution in [3.63, 3.8) is 0 Å². The predicted molar refractivity (Wildman–Crippen MR) is 72.8 cm³/mol. The van der Waals surface area contributed by atoms with Gasteiger partial charge in [-0.25, -0.2) is 0 Å². The van der Waals surface area contributed by atoms with Crippen LogP contribution in [-0.2, 0) is 0 Å². The van der Waals surface area contributed by atoms with Gasteiger partial charge in [0, 0.05) is 11.3 Å². The Balaban J connectivity index is 1.89. The van der Waals surface area contributed by atoms with E-state index in [0.29, 0.717) is 11.8 Å². The number of fused-ring (bicyclic) bond motifs is 1. The normalized spacial score (nSPS) is 14.9. The van der Waals surface area contributed by atoms with Crippen LogP contribution in [0, 0.1) is 6.92 Å². The molecule has 0 atom stereocenters. The van der Waals surface area contributed by atoms with Crippen LogP contribution < -0.4 is 4.74 Å². The number of aryl methyl sites for hydroxylation is 1. The number of benzene rings is 1. The van der Waals surface area contributed by atoms with Gasteiger partial charge in [0.05, 0.1) is 12.7 Å². The lowest BCUT2D eigenvalue weighted by atomic mass is 10.1. The van der Waals surface area contributed by atoms with Crippen LogP contribution in [0.15, 0.2) is 27.1 Å². The standard InChI is InChI=1S/C15H14N2O3/c1-8-13(15-16-14(17-20-15)9-3-4-9)11-7-10(18-2)5-6-12(11)19-8/h5-7,9H,3-4H2,1-2H3. The summed E-state index contributed by atoms with van der Waals surface area (Å²) >= 11 is 0. The van der Waals surface area contributed by atoms with Gasteiger partial charge in [0.15, 0.2) is 5.82 Å². The minimum absolute atomic E-state index is 0.473. The summed E-state index contributed by atoms with van der Waals surface area (Å²) in [6, 6.07) is 5.70. The predicted octanol–water partition coefficient (Wildman–Crippen LogP) is 3.68. The van der Waals surface area contributed by atoms with Crippen molar-refractivity contribution in [3.8, 4) is 17.2 Å². The van der Waals surface area contributed by atoms with E-state index < -0.39 is 0 Å². The lowest BCUT2D eigenvalue weighted by Crippen LogP contribution is -1.84. The number of ether oxygens (including phenoxy) is 1. The molecule has 0 bridgehead atoms. The van der Waals surface area contributed by atoms with E-state index in [-0.39, 0.29) is 0 Å². The zero-order valence-corrected chi connectivity index (χ0v) is 11.3. The number of aromatic nitrogens is 2. The third-order valence-corrected chi connectivity index (χ3v) is 3.67. The molecule has 2 heterocycles. The van der Waals surface area contributed by atoms with Crippen molar-refractivity contribution in [2.45, 2.75) is 25.7 Å². The van der Waals surface area contributed by atoms with Crippen molar-refractivity contribution in [3.05, 3.63) is 29.8 Å². The van der Waals surface area contributed by atoms with Gasteiger partial charge < -0.3 is 13.7 Å². The van der Waals surface area contributed by atoms with E-state index >= 15 is 0 Å². The van der Waals surface area contributed by atoms with E-state index in [4.69, 9.17) is 13.7 Å². The first-order valence-electron chi connectivity index (χ1n) is 6.67. The van der Waals surface area contributed by atoms with E-state index in [0.717, 1.165) is 46.7 Å². The number of hydrogen-bond acceptors (Lipinski definition) is 5. The molecule has 0 N–H and O–H groups in total. The molecule has 5 heteroatoms. The van der Waals surface area contributed by atoms with Gasteiger partial charge >= 0.3 is 0 Å². The second kappa shape index (κ2) is 4.10. The first-order chi connectivity index (χ1) is 9.76. The van der Waals surface area contributed by atoms with Crippen molar-refractivity contribution in [1.82, 2.24) is 10.1 Å². The maximum absolute atomic E-state index is 5.75. The van der Waals surface area contributed by atoms with Crippen LogP contribution in [0.1, 0.15) is 30.3 Å². The number of furan rings is 1. The highest BCUT2D eigenvalue weighted by molar-refractivity contribution is 5.94. The zero-order chi connectivity index (χ0) is 13.7. The SMILES string of the molecule is COc1ccc2oc(C)c(-c3nc(C4CC4)no3)c2c1. The van der Waals surface area contributed by atoms with Gasteiger partial charge in [0.1, 0.15) is 17.1 Å². The monoisotopic (exact) mass is 270 g/mol. The topological polar surface area (TPSA) is 61.3 Å². The Bertz CT molecular complexity index is 784. The summed E-state index contributed by atoms with van der Waals surface area (Å²) in [5, 5.41) is 5.00. The fourth-order valence-electron chi connectivity index (χ4n) is 2.44. The van der Waals surface area contributed by atoms with Crippen LogP contribution >= 0.6 is 0 Å². The molecule has 1 aromatic carbocycles. The Morgan fingerprint density at radius 3 is 2.90 bits per heavy atom. The summed E-state index contributed by atoms with van der Waals surface area (Å²) in [4.78, 5) is 4.50. The molecule has 1 aliphatic carbocycles. The molecule has 0 spiro atoms. The van der Waals surface area contributed by atoms with Crippen molar-refractivity contribution in [1.29, 1.82) is 0 Å². The van der Waals surface area contributed by atoms with Crippen LogP contribution in [-0.4, -0.2) is 17.3 Å². The van der Waals surface area contributed by atoms with Crippen molar-refractivity contribution in [2.75, 3.05) is 7.11 Å². The molecule has 1 aliphatic rings. The highest BCUT2D eigenvalue weighted by Crippen LogP contribution is 2.40. The summed E-state index contributed by atoms with van der Waals surface area (Å²) in [7, 11) is 1.64. The first-order valence-corrected chi connectivity index (χ1v) is 6.67. The van der Waals surface area contributed by atoms with Gasteiger partial charge in [-0.2, -0.15) is 4.98 Å². The Morgan fingerprint density at radius 2 is 2.15 bits per heavy atom. The largest absolute Gasteiger partial charge is 0.497 e. The Kier molecular flexibility index (Phi) is 2.36. The second-order valence-electron chi connectivity index (χ2n) is 5.13. The molecule has 2 aromatic heterocycles. The molecule has 3 aromatic rings. The third kappa shape index (κ3) is 1.70. The van der Waals surface area contributed by atoms with E-state index in [1.54, 1.807) is 7.11 Å². The average Bonchev–Trinajstić information content (AvgIpc) is 3.10. The summed E-state index contributed by atoms with van der Waals surface area (Å²) in [5.74, 6) is 3.36. The summed E-state index contributed by atoms with van der Waals surface area (Å²) < 4.78 is 16.4. The number of hydrogen-bond donors (Lipinski definition) is 0. The highest BCUT2D eigenvalue weighted by Gasteiger charge is 2.30. The van der Waals surface area contributed by atoms with Gasteiger partial charge in [0.2, 0.25) is 0 Å². The lowest BCUT2D eigenvalue weighted by Gasteiger charge is -1.98. The van der Waals surface area contributed by atoms with Crippen molar-refractivity contribution >= 4 is 11.0 Å².